The van der Waals surface area contributed by atoms with E-state index in [-0.39, 0.29) is 6.61 Å². The summed E-state index contributed by atoms with van der Waals surface area (Å²) in [6.07, 6.45) is -3.95. The topological polar surface area (TPSA) is 79.2 Å². The molecule has 0 spiro atoms. The van der Waals surface area contributed by atoms with Crippen molar-refractivity contribution in [2.45, 2.75) is 37.1 Å². The smallest absolute Gasteiger partial charge is 0.194 e. The molecule has 0 saturated carbocycles. The minimum Gasteiger partial charge on any atom is -0.387 e. The number of fused-ring (bicyclic) bond motifs is 2. The first-order valence-corrected chi connectivity index (χ1v) is 3.90. The zero-order chi connectivity index (χ0) is 8.93. The molecule has 2 bridgehead atoms. The Morgan fingerprint density at radius 2 is 1.92 bits per heavy atom. The second-order valence-electron chi connectivity index (χ2n) is 3.41. The van der Waals surface area contributed by atoms with Gasteiger partial charge in [-0.2, -0.15) is 0 Å². The molecule has 5 atom stereocenters. The fourth-order valence-electron chi connectivity index (χ4n) is 1.66. The molecular weight excluding hydrogens is 164 g/mol. The standard InChI is InChI=1S/C7H12O5/c1-7-6(10)5(9)4(8)3(12-7)2-11-7/h3-6,8-10H,2H2,1H3. The van der Waals surface area contributed by atoms with Crippen molar-refractivity contribution in [3.05, 3.63) is 0 Å². The van der Waals surface area contributed by atoms with Crippen LogP contribution in [0, 0.1) is 0 Å². The molecule has 2 fully saturated rings. The number of aliphatic hydroxyl groups is 3. The highest BCUT2D eigenvalue weighted by Crippen LogP contribution is 2.36. The number of rotatable bonds is 0. The third kappa shape index (κ3) is 0.915. The Morgan fingerprint density at radius 3 is 2.58 bits per heavy atom. The Hall–Kier alpha value is -0.200. The Morgan fingerprint density at radius 1 is 1.25 bits per heavy atom. The maximum absolute atomic E-state index is 9.43. The SMILES string of the molecule is CC12OCC(O1)C(O)C(O)C2O. The van der Waals surface area contributed by atoms with Crippen molar-refractivity contribution in [1.82, 2.24) is 0 Å². The van der Waals surface area contributed by atoms with Crippen LogP contribution in [0.2, 0.25) is 0 Å². The van der Waals surface area contributed by atoms with Gasteiger partial charge in [0, 0.05) is 0 Å². The van der Waals surface area contributed by atoms with E-state index in [1.54, 1.807) is 6.92 Å². The van der Waals surface area contributed by atoms with Gasteiger partial charge in [-0.3, -0.25) is 0 Å². The van der Waals surface area contributed by atoms with Crippen LogP contribution in [0.15, 0.2) is 0 Å². The van der Waals surface area contributed by atoms with Gasteiger partial charge in [-0.25, -0.2) is 0 Å². The van der Waals surface area contributed by atoms with Crippen LogP contribution in [0.1, 0.15) is 6.92 Å². The highest BCUT2D eigenvalue weighted by atomic mass is 16.8. The van der Waals surface area contributed by atoms with Crippen LogP contribution in [-0.4, -0.2) is 52.1 Å². The van der Waals surface area contributed by atoms with Crippen LogP contribution in [0.3, 0.4) is 0 Å². The van der Waals surface area contributed by atoms with Crippen LogP contribution in [0.25, 0.3) is 0 Å². The summed E-state index contributed by atoms with van der Waals surface area (Å²) in [4.78, 5) is 0. The van der Waals surface area contributed by atoms with E-state index in [2.05, 4.69) is 0 Å². The summed E-state index contributed by atoms with van der Waals surface area (Å²) < 4.78 is 10.3. The summed E-state index contributed by atoms with van der Waals surface area (Å²) >= 11 is 0. The van der Waals surface area contributed by atoms with Crippen molar-refractivity contribution in [1.29, 1.82) is 0 Å². The van der Waals surface area contributed by atoms with Crippen molar-refractivity contribution in [2.24, 2.45) is 0 Å². The number of hydrogen-bond acceptors (Lipinski definition) is 5. The van der Waals surface area contributed by atoms with Crippen LogP contribution in [0.5, 0.6) is 0 Å². The zero-order valence-corrected chi connectivity index (χ0v) is 6.67. The van der Waals surface area contributed by atoms with Gasteiger partial charge in [-0.05, 0) is 6.92 Å². The quantitative estimate of drug-likeness (QED) is 0.406. The van der Waals surface area contributed by atoms with Gasteiger partial charge in [0.05, 0.1) is 6.61 Å². The highest BCUT2D eigenvalue weighted by molar-refractivity contribution is 4.98. The minimum atomic E-state index is -1.19. The van der Waals surface area contributed by atoms with Gasteiger partial charge in [0.15, 0.2) is 5.79 Å². The predicted octanol–water partition coefficient (Wildman–Crippen LogP) is -1.79. The van der Waals surface area contributed by atoms with Crippen LogP contribution in [0.4, 0.5) is 0 Å². The first-order chi connectivity index (χ1) is 5.54. The second-order valence-corrected chi connectivity index (χ2v) is 3.41. The molecule has 2 aliphatic rings. The van der Waals surface area contributed by atoms with Crippen molar-refractivity contribution < 1.29 is 24.8 Å². The first kappa shape index (κ1) is 8.40. The summed E-state index contributed by atoms with van der Waals surface area (Å²) in [6.45, 7) is 1.76. The molecule has 0 radical (unpaired) electrons. The summed E-state index contributed by atoms with van der Waals surface area (Å²) in [5.74, 6) is -1.15. The van der Waals surface area contributed by atoms with Crippen LogP contribution < -0.4 is 0 Å². The van der Waals surface area contributed by atoms with E-state index in [1.807, 2.05) is 0 Å². The van der Waals surface area contributed by atoms with Crippen LogP contribution in [-0.2, 0) is 9.47 Å². The largest absolute Gasteiger partial charge is 0.387 e. The summed E-state index contributed by atoms with van der Waals surface area (Å²) in [7, 11) is 0. The lowest BCUT2D eigenvalue weighted by atomic mass is 9.96. The summed E-state index contributed by atoms with van der Waals surface area (Å²) in [5, 5.41) is 28.1. The van der Waals surface area contributed by atoms with E-state index in [0.717, 1.165) is 0 Å². The Kier molecular flexibility index (Phi) is 1.68. The number of aliphatic hydroxyl groups excluding tert-OH is 3. The van der Waals surface area contributed by atoms with Crippen molar-refractivity contribution in [3.63, 3.8) is 0 Å². The van der Waals surface area contributed by atoms with E-state index in [0.29, 0.717) is 0 Å². The Balaban J connectivity index is 2.25. The van der Waals surface area contributed by atoms with E-state index in [4.69, 9.17) is 9.47 Å². The number of ether oxygens (including phenoxy) is 2. The summed E-state index contributed by atoms with van der Waals surface area (Å²) in [5.41, 5.74) is 0. The Labute approximate surface area is 69.5 Å². The molecule has 0 aromatic rings. The molecule has 2 rings (SSSR count). The highest BCUT2D eigenvalue weighted by Gasteiger charge is 2.56. The average molecular weight is 176 g/mol. The van der Waals surface area contributed by atoms with Crippen molar-refractivity contribution in [3.8, 4) is 0 Å². The minimum absolute atomic E-state index is 0.214. The van der Waals surface area contributed by atoms with Gasteiger partial charge < -0.3 is 24.8 Å². The molecule has 5 unspecified atom stereocenters. The van der Waals surface area contributed by atoms with Crippen molar-refractivity contribution >= 4 is 0 Å². The maximum Gasteiger partial charge on any atom is 0.194 e. The van der Waals surface area contributed by atoms with Gasteiger partial charge in [0.2, 0.25) is 0 Å². The molecule has 3 N–H and O–H groups in total. The number of hydrogen-bond donors (Lipinski definition) is 3. The predicted molar refractivity (Wildman–Crippen MR) is 37.3 cm³/mol. The molecular formula is C7H12O5. The molecule has 0 amide bonds. The van der Waals surface area contributed by atoms with Crippen molar-refractivity contribution in [2.75, 3.05) is 6.61 Å². The normalized spacial score (nSPS) is 59.0. The molecule has 0 aromatic carbocycles. The lowest BCUT2D eigenvalue weighted by Gasteiger charge is -2.38. The lowest BCUT2D eigenvalue weighted by molar-refractivity contribution is -0.285. The van der Waals surface area contributed by atoms with Crippen LogP contribution >= 0.6 is 0 Å². The lowest BCUT2D eigenvalue weighted by Crippen LogP contribution is -2.59. The molecule has 5 nitrogen and oxygen atoms in total. The molecule has 5 heteroatoms. The van der Waals surface area contributed by atoms with Gasteiger partial charge in [-0.1, -0.05) is 0 Å². The van der Waals surface area contributed by atoms with Gasteiger partial charge in [0.1, 0.15) is 24.4 Å². The average Bonchev–Trinajstić information content (AvgIpc) is 2.41. The maximum atomic E-state index is 9.43. The Bertz CT molecular complexity index is 196. The monoisotopic (exact) mass is 176 g/mol. The van der Waals surface area contributed by atoms with E-state index in [9.17, 15) is 15.3 Å². The fourth-order valence-corrected chi connectivity index (χ4v) is 1.66. The first-order valence-electron chi connectivity index (χ1n) is 3.90. The van der Waals surface area contributed by atoms with Gasteiger partial charge in [0.25, 0.3) is 0 Å². The van der Waals surface area contributed by atoms with E-state index < -0.39 is 30.2 Å². The van der Waals surface area contributed by atoms with Gasteiger partial charge in [-0.15, -0.1) is 0 Å². The molecule has 2 saturated heterocycles. The third-order valence-corrected chi connectivity index (χ3v) is 2.51. The summed E-state index contributed by atoms with van der Waals surface area (Å²) in [6, 6.07) is 0. The third-order valence-electron chi connectivity index (χ3n) is 2.51. The molecule has 12 heavy (non-hydrogen) atoms. The van der Waals surface area contributed by atoms with Gasteiger partial charge >= 0.3 is 0 Å². The zero-order valence-electron chi connectivity index (χ0n) is 6.67. The second kappa shape index (κ2) is 2.40. The molecule has 70 valence electrons. The van der Waals surface area contributed by atoms with E-state index >= 15 is 0 Å². The van der Waals surface area contributed by atoms with E-state index in [1.165, 1.54) is 0 Å². The fraction of sp³-hybridized carbons (Fsp3) is 1.00. The molecule has 0 aromatic heterocycles. The molecule has 2 aliphatic heterocycles. The molecule has 0 aliphatic carbocycles. The molecule has 2 heterocycles.